The van der Waals surface area contributed by atoms with Crippen molar-refractivity contribution < 1.29 is 19.5 Å². The third-order valence-electron chi connectivity index (χ3n) is 4.81. The molecule has 0 fully saturated rings. The van der Waals surface area contributed by atoms with Crippen molar-refractivity contribution in [2.45, 2.75) is 15.7 Å². The van der Waals surface area contributed by atoms with E-state index in [-0.39, 0.29) is 12.5 Å². The number of carboxylic acid groups (broad SMARTS) is 1. The highest BCUT2D eigenvalue weighted by atomic mass is 32.2. The fourth-order valence-corrected chi connectivity index (χ4v) is 4.25. The van der Waals surface area contributed by atoms with Crippen molar-refractivity contribution in [2.75, 3.05) is 11.9 Å². The molecule has 150 valence electrons. The van der Waals surface area contributed by atoms with Crippen molar-refractivity contribution in [3.05, 3.63) is 89.5 Å². The molecule has 1 atom stereocenters. The highest BCUT2D eigenvalue weighted by molar-refractivity contribution is 7.99. The molecular formula is C23H18N2O4S. The van der Waals surface area contributed by atoms with Crippen molar-refractivity contribution in [2.24, 2.45) is 0 Å². The largest absolute Gasteiger partial charge is 0.481 e. The second-order valence-electron chi connectivity index (χ2n) is 6.77. The lowest BCUT2D eigenvalue weighted by Crippen LogP contribution is -2.31. The number of rotatable bonds is 5. The third-order valence-corrected chi connectivity index (χ3v) is 5.96. The molecular weight excluding hydrogens is 400 g/mol. The van der Waals surface area contributed by atoms with Crippen LogP contribution in [0.5, 0.6) is 0 Å². The molecule has 6 nitrogen and oxygen atoms in total. The number of aliphatic carboxylic acids is 1. The Labute approximate surface area is 177 Å². The Bertz CT molecular complexity index is 1130. The van der Waals surface area contributed by atoms with Gasteiger partial charge in [0.05, 0.1) is 17.2 Å². The van der Waals surface area contributed by atoms with E-state index in [0.29, 0.717) is 22.4 Å². The minimum absolute atomic E-state index is 0.0399. The zero-order valence-electron chi connectivity index (χ0n) is 15.8. The van der Waals surface area contributed by atoms with Gasteiger partial charge in [0.1, 0.15) is 0 Å². The number of nitrogens with one attached hydrogen (secondary N) is 2. The fraction of sp³-hybridized carbons (Fsp3) is 0.0870. The van der Waals surface area contributed by atoms with E-state index in [4.69, 9.17) is 0 Å². The van der Waals surface area contributed by atoms with Crippen LogP contribution >= 0.6 is 11.8 Å². The molecule has 0 aliphatic carbocycles. The van der Waals surface area contributed by atoms with Crippen LogP contribution in [0.2, 0.25) is 0 Å². The Kier molecular flexibility index (Phi) is 5.54. The maximum Gasteiger partial charge on any atom is 0.312 e. The first kappa shape index (κ1) is 19.7. The summed E-state index contributed by atoms with van der Waals surface area (Å²) in [6.45, 7) is -0.0399. The summed E-state index contributed by atoms with van der Waals surface area (Å²) in [5.74, 6) is -2.49. The summed E-state index contributed by atoms with van der Waals surface area (Å²) in [4.78, 5) is 38.5. The molecule has 0 unspecified atom stereocenters. The maximum absolute atomic E-state index is 12.7. The monoisotopic (exact) mass is 418 g/mol. The van der Waals surface area contributed by atoms with E-state index in [9.17, 15) is 19.5 Å². The van der Waals surface area contributed by atoms with Gasteiger partial charge in [0.15, 0.2) is 0 Å². The van der Waals surface area contributed by atoms with E-state index in [1.54, 1.807) is 60.7 Å². The standard InChI is InChI=1S/C23H18N2O4S/c26-21(24-13-17(23(28)29)14-6-2-1-3-7-14)15-10-11-20-18(12-15)25-22(27)16-8-4-5-9-19(16)30-20/h1-12,17H,13H2,(H,24,26)(H,25,27)(H,28,29)/t17-/m1/s1. The smallest absolute Gasteiger partial charge is 0.312 e. The van der Waals surface area contributed by atoms with Gasteiger partial charge in [0.2, 0.25) is 0 Å². The number of hydrogen-bond donors (Lipinski definition) is 3. The van der Waals surface area contributed by atoms with Gasteiger partial charge in [-0.15, -0.1) is 0 Å². The predicted octanol–water partition coefficient (Wildman–Crippen LogP) is 4.00. The minimum Gasteiger partial charge on any atom is -0.481 e. The van der Waals surface area contributed by atoms with E-state index in [2.05, 4.69) is 10.6 Å². The lowest BCUT2D eigenvalue weighted by molar-refractivity contribution is -0.138. The fourth-order valence-electron chi connectivity index (χ4n) is 3.24. The first-order valence-electron chi connectivity index (χ1n) is 9.31. The number of amides is 2. The quantitative estimate of drug-likeness (QED) is 0.582. The molecule has 1 heterocycles. The van der Waals surface area contributed by atoms with Crippen molar-refractivity contribution >= 4 is 35.2 Å². The van der Waals surface area contributed by atoms with E-state index in [0.717, 1.165) is 9.79 Å². The molecule has 1 aliphatic heterocycles. The van der Waals surface area contributed by atoms with Crippen LogP contribution in [0, 0.1) is 0 Å². The van der Waals surface area contributed by atoms with E-state index < -0.39 is 17.8 Å². The number of carbonyl (C=O) groups is 3. The second kappa shape index (κ2) is 8.42. The molecule has 3 N–H and O–H groups in total. The Morgan fingerprint density at radius 1 is 0.967 bits per heavy atom. The number of fused-ring (bicyclic) bond motifs is 2. The van der Waals surface area contributed by atoms with Crippen molar-refractivity contribution in [1.29, 1.82) is 0 Å². The molecule has 0 bridgehead atoms. The molecule has 0 radical (unpaired) electrons. The Hall–Kier alpha value is -3.58. The molecule has 0 saturated heterocycles. The van der Waals surface area contributed by atoms with Crippen LogP contribution in [0.3, 0.4) is 0 Å². The van der Waals surface area contributed by atoms with Gasteiger partial charge in [0, 0.05) is 21.9 Å². The van der Waals surface area contributed by atoms with E-state index in [1.807, 2.05) is 12.1 Å². The van der Waals surface area contributed by atoms with E-state index in [1.165, 1.54) is 11.8 Å². The molecule has 0 aromatic heterocycles. The molecule has 30 heavy (non-hydrogen) atoms. The average Bonchev–Trinajstić information content (AvgIpc) is 2.89. The van der Waals surface area contributed by atoms with Gasteiger partial charge >= 0.3 is 5.97 Å². The minimum atomic E-state index is -1.01. The maximum atomic E-state index is 12.7. The van der Waals surface area contributed by atoms with Crippen LogP contribution in [0.15, 0.2) is 82.6 Å². The van der Waals surface area contributed by atoms with Gasteiger partial charge < -0.3 is 15.7 Å². The highest BCUT2D eigenvalue weighted by Gasteiger charge is 2.23. The van der Waals surface area contributed by atoms with Crippen LogP contribution in [-0.2, 0) is 4.79 Å². The van der Waals surface area contributed by atoms with E-state index >= 15 is 0 Å². The normalized spacial score (nSPS) is 13.3. The Morgan fingerprint density at radius 2 is 1.70 bits per heavy atom. The lowest BCUT2D eigenvalue weighted by Gasteiger charge is -2.14. The SMILES string of the molecule is O=C(NC[C@@H](C(=O)O)c1ccccc1)c1ccc2c(c1)NC(=O)c1ccccc1S2. The Morgan fingerprint density at radius 3 is 2.47 bits per heavy atom. The summed E-state index contributed by atoms with van der Waals surface area (Å²) in [7, 11) is 0. The topological polar surface area (TPSA) is 95.5 Å². The zero-order valence-corrected chi connectivity index (χ0v) is 16.6. The third kappa shape index (κ3) is 4.06. The number of carboxylic acids is 1. The second-order valence-corrected chi connectivity index (χ2v) is 7.86. The lowest BCUT2D eigenvalue weighted by atomic mass is 9.99. The van der Waals surface area contributed by atoms with Crippen molar-refractivity contribution in [3.63, 3.8) is 0 Å². The number of hydrogen-bond acceptors (Lipinski definition) is 4. The molecule has 7 heteroatoms. The Balaban J connectivity index is 1.52. The average molecular weight is 418 g/mol. The molecule has 3 aromatic carbocycles. The van der Waals surface area contributed by atoms with Gasteiger partial charge in [-0.3, -0.25) is 14.4 Å². The molecule has 1 aliphatic rings. The van der Waals surface area contributed by atoms with Crippen LogP contribution in [0.1, 0.15) is 32.2 Å². The predicted molar refractivity (Wildman–Crippen MR) is 114 cm³/mol. The van der Waals surface area contributed by atoms with Gasteiger partial charge in [-0.1, -0.05) is 54.2 Å². The van der Waals surface area contributed by atoms with Crippen LogP contribution in [0.25, 0.3) is 0 Å². The first-order chi connectivity index (χ1) is 14.5. The summed E-state index contributed by atoms with van der Waals surface area (Å²) in [6.07, 6.45) is 0. The van der Waals surface area contributed by atoms with Crippen molar-refractivity contribution in [3.8, 4) is 0 Å². The summed E-state index contributed by atoms with van der Waals surface area (Å²) < 4.78 is 0. The summed E-state index contributed by atoms with van der Waals surface area (Å²) in [5.41, 5.74) is 2.09. The molecule has 2 amide bonds. The summed E-state index contributed by atoms with van der Waals surface area (Å²) in [6, 6.07) is 21.1. The molecule has 0 saturated carbocycles. The van der Waals surface area contributed by atoms with Crippen molar-refractivity contribution in [1.82, 2.24) is 5.32 Å². The molecule has 4 rings (SSSR count). The number of anilines is 1. The molecule has 0 spiro atoms. The van der Waals surface area contributed by atoms with Gasteiger partial charge in [-0.25, -0.2) is 0 Å². The first-order valence-corrected chi connectivity index (χ1v) is 10.1. The van der Waals surface area contributed by atoms with Crippen LogP contribution < -0.4 is 10.6 Å². The van der Waals surface area contributed by atoms with Gasteiger partial charge in [-0.2, -0.15) is 0 Å². The summed E-state index contributed by atoms with van der Waals surface area (Å²) >= 11 is 1.45. The highest BCUT2D eigenvalue weighted by Crippen LogP contribution is 2.39. The number of carbonyl (C=O) groups excluding carboxylic acids is 2. The van der Waals surface area contributed by atoms with Gasteiger partial charge in [0.25, 0.3) is 11.8 Å². The summed E-state index contributed by atoms with van der Waals surface area (Å²) in [5, 5.41) is 15.1. The zero-order chi connectivity index (χ0) is 21.1. The van der Waals surface area contributed by atoms with Crippen LogP contribution in [-0.4, -0.2) is 29.4 Å². The number of benzene rings is 3. The van der Waals surface area contributed by atoms with Gasteiger partial charge in [-0.05, 0) is 35.9 Å². The molecule has 3 aromatic rings. The van der Waals surface area contributed by atoms with Crippen LogP contribution in [0.4, 0.5) is 5.69 Å².